The molecule has 0 fully saturated rings. The van der Waals surface area contributed by atoms with Crippen molar-refractivity contribution in [3.8, 4) is 11.5 Å². The van der Waals surface area contributed by atoms with Gasteiger partial charge in [0.15, 0.2) is 0 Å². The van der Waals surface area contributed by atoms with E-state index in [1.807, 2.05) is 24.3 Å². The summed E-state index contributed by atoms with van der Waals surface area (Å²) in [5.41, 5.74) is 2.15. The van der Waals surface area contributed by atoms with Gasteiger partial charge in [0.25, 0.3) is 0 Å². The Balaban J connectivity index is 2.08. The first-order valence-electron chi connectivity index (χ1n) is 6.09. The molecule has 0 spiro atoms. The first kappa shape index (κ1) is 12.9. The molecule has 2 aromatic rings. The number of rotatable bonds is 5. The maximum absolute atomic E-state index is 5.76. The molecule has 0 bridgehead atoms. The van der Waals surface area contributed by atoms with Crippen molar-refractivity contribution in [2.24, 2.45) is 0 Å². The molecule has 0 aliphatic heterocycles. The summed E-state index contributed by atoms with van der Waals surface area (Å²) in [4.78, 5) is 4.13. The fraction of sp³-hybridized carbons (Fsp3) is 0.267. The minimum atomic E-state index is 0.395. The van der Waals surface area contributed by atoms with E-state index in [0.29, 0.717) is 5.88 Å². The summed E-state index contributed by atoms with van der Waals surface area (Å²) in [6.07, 6.45) is 3.97. The third kappa shape index (κ3) is 3.47. The minimum Gasteiger partial charge on any atom is -0.457 e. The summed E-state index contributed by atoms with van der Waals surface area (Å²) < 4.78 is 5.76. The van der Waals surface area contributed by atoms with Crippen LogP contribution in [0.2, 0.25) is 0 Å². The van der Waals surface area contributed by atoms with Gasteiger partial charge in [0.2, 0.25) is 0 Å². The second-order valence-electron chi connectivity index (χ2n) is 4.11. The number of hydrogen-bond donors (Lipinski definition) is 0. The number of ether oxygens (including phenoxy) is 1. The molecule has 1 heterocycles. The molecule has 94 valence electrons. The van der Waals surface area contributed by atoms with Crippen molar-refractivity contribution < 1.29 is 4.74 Å². The molecule has 2 nitrogen and oxygen atoms in total. The van der Waals surface area contributed by atoms with Gasteiger partial charge in [0.05, 0.1) is 11.6 Å². The van der Waals surface area contributed by atoms with Crippen molar-refractivity contribution in [3.05, 3.63) is 53.9 Å². The van der Waals surface area contributed by atoms with E-state index in [2.05, 4.69) is 24.0 Å². The van der Waals surface area contributed by atoms with Crippen LogP contribution in [0.25, 0.3) is 0 Å². The smallest absolute Gasteiger partial charge is 0.130 e. The molecule has 0 saturated carbocycles. The zero-order valence-corrected chi connectivity index (χ0v) is 11.2. The number of aromatic nitrogens is 1. The molecule has 0 atom stereocenters. The number of halogens is 1. The van der Waals surface area contributed by atoms with Gasteiger partial charge in [-0.05, 0) is 30.2 Å². The first-order chi connectivity index (χ1) is 8.81. The predicted octanol–water partition coefficient (Wildman–Crippen LogP) is 4.57. The summed E-state index contributed by atoms with van der Waals surface area (Å²) in [5, 5.41) is 0. The highest BCUT2D eigenvalue weighted by atomic mass is 35.5. The lowest BCUT2D eigenvalue weighted by molar-refractivity contribution is 0.481. The van der Waals surface area contributed by atoms with Crippen LogP contribution in [0.5, 0.6) is 11.5 Å². The Kier molecular flexibility index (Phi) is 4.59. The largest absolute Gasteiger partial charge is 0.457 e. The second kappa shape index (κ2) is 6.41. The molecule has 2 rings (SSSR count). The average Bonchev–Trinajstić information content (AvgIpc) is 2.42. The van der Waals surface area contributed by atoms with Crippen LogP contribution in [0, 0.1) is 0 Å². The third-order valence-corrected chi connectivity index (χ3v) is 2.90. The zero-order valence-electron chi connectivity index (χ0n) is 10.4. The van der Waals surface area contributed by atoms with Gasteiger partial charge < -0.3 is 4.74 Å². The molecule has 1 aromatic heterocycles. The lowest BCUT2D eigenvalue weighted by Gasteiger charge is -2.07. The molecule has 18 heavy (non-hydrogen) atoms. The van der Waals surface area contributed by atoms with E-state index in [1.54, 1.807) is 6.20 Å². The van der Waals surface area contributed by atoms with E-state index in [-0.39, 0.29) is 0 Å². The topological polar surface area (TPSA) is 22.1 Å². The second-order valence-corrected chi connectivity index (χ2v) is 4.38. The summed E-state index contributed by atoms with van der Waals surface area (Å²) in [7, 11) is 0. The highest BCUT2D eigenvalue weighted by Gasteiger charge is 2.00. The van der Waals surface area contributed by atoms with Crippen LogP contribution >= 0.6 is 11.6 Å². The minimum absolute atomic E-state index is 0.395. The molecule has 0 radical (unpaired) electrons. The Labute approximate surface area is 113 Å². The van der Waals surface area contributed by atoms with Crippen LogP contribution in [0.4, 0.5) is 0 Å². The van der Waals surface area contributed by atoms with Crippen molar-refractivity contribution in [1.82, 2.24) is 4.98 Å². The van der Waals surface area contributed by atoms with Crippen LogP contribution in [0.15, 0.2) is 42.6 Å². The van der Waals surface area contributed by atoms with Crippen LogP contribution in [-0.2, 0) is 12.3 Å². The van der Waals surface area contributed by atoms with Gasteiger partial charge in [-0.15, -0.1) is 11.6 Å². The Bertz CT molecular complexity index is 496. The van der Waals surface area contributed by atoms with Crippen molar-refractivity contribution in [1.29, 1.82) is 0 Å². The number of nitrogens with zero attached hydrogens (tertiary/aromatic N) is 1. The Morgan fingerprint density at radius 2 is 1.89 bits per heavy atom. The van der Waals surface area contributed by atoms with E-state index < -0.39 is 0 Å². The summed E-state index contributed by atoms with van der Waals surface area (Å²) in [6.45, 7) is 2.18. The number of aryl methyl sites for hydroxylation is 1. The molecule has 0 saturated heterocycles. The lowest BCUT2D eigenvalue weighted by atomic mass is 10.1. The fourth-order valence-corrected chi connectivity index (χ4v) is 1.89. The van der Waals surface area contributed by atoms with Crippen LogP contribution in [-0.4, -0.2) is 4.98 Å². The van der Waals surface area contributed by atoms with Crippen LogP contribution in [0.3, 0.4) is 0 Å². The van der Waals surface area contributed by atoms with Crippen molar-refractivity contribution in [3.63, 3.8) is 0 Å². The quantitative estimate of drug-likeness (QED) is 0.736. The van der Waals surface area contributed by atoms with Gasteiger partial charge in [-0.3, -0.25) is 4.98 Å². The van der Waals surface area contributed by atoms with Gasteiger partial charge in [-0.1, -0.05) is 25.5 Å². The molecule has 0 unspecified atom stereocenters. The molecular weight excluding hydrogens is 246 g/mol. The average molecular weight is 262 g/mol. The molecule has 3 heteroatoms. The monoisotopic (exact) mass is 261 g/mol. The number of benzene rings is 1. The maximum atomic E-state index is 5.76. The van der Waals surface area contributed by atoms with Gasteiger partial charge in [-0.2, -0.15) is 0 Å². The number of alkyl halides is 1. The molecule has 0 amide bonds. The molecule has 0 aliphatic carbocycles. The Morgan fingerprint density at radius 1 is 1.11 bits per heavy atom. The van der Waals surface area contributed by atoms with E-state index in [0.717, 1.165) is 30.0 Å². The summed E-state index contributed by atoms with van der Waals surface area (Å²) in [5.74, 6) is 2.00. The van der Waals surface area contributed by atoms with E-state index in [1.165, 1.54) is 5.56 Å². The maximum Gasteiger partial charge on any atom is 0.130 e. The fourth-order valence-electron chi connectivity index (χ4n) is 1.74. The summed E-state index contributed by atoms with van der Waals surface area (Å²) in [6, 6.07) is 11.9. The summed E-state index contributed by atoms with van der Waals surface area (Å²) >= 11 is 5.74. The SMILES string of the molecule is CCCc1ccc(Oc2ccnc(CCl)c2)cc1. The zero-order chi connectivity index (χ0) is 12.8. The van der Waals surface area contributed by atoms with E-state index in [4.69, 9.17) is 16.3 Å². The van der Waals surface area contributed by atoms with Crippen molar-refractivity contribution in [2.45, 2.75) is 25.6 Å². The predicted molar refractivity (Wildman–Crippen MR) is 74.3 cm³/mol. The lowest BCUT2D eigenvalue weighted by Crippen LogP contribution is -1.89. The van der Waals surface area contributed by atoms with Crippen molar-refractivity contribution >= 4 is 11.6 Å². The molecule has 0 N–H and O–H groups in total. The van der Waals surface area contributed by atoms with Gasteiger partial charge in [-0.25, -0.2) is 0 Å². The van der Waals surface area contributed by atoms with Crippen LogP contribution < -0.4 is 4.74 Å². The molecular formula is C15H16ClNO. The van der Waals surface area contributed by atoms with Gasteiger partial charge in [0, 0.05) is 12.3 Å². The van der Waals surface area contributed by atoms with E-state index in [9.17, 15) is 0 Å². The highest BCUT2D eigenvalue weighted by molar-refractivity contribution is 6.16. The standard InChI is InChI=1S/C15H16ClNO/c1-2-3-12-4-6-14(7-5-12)18-15-8-9-17-13(10-15)11-16/h4-10H,2-3,11H2,1H3. The normalized spacial score (nSPS) is 10.3. The Hall–Kier alpha value is -1.54. The Morgan fingerprint density at radius 3 is 2.56 bits per heavy atom. The number of pyridine rings is 1. The van der Waals surface area contributed by atoms with E-state index >= 15 is 0 Å². The van der Waals surface area contributed by atoms with Gasteiger partial charge in [0.1, 0.15) is 11.5 Å². The number of hydrogen-bond acceptors (Lipinski definition) is 2. The first-order valence-corrected chi connectivity index (χ1v) is 6.63. The third-order valence-electron chi connectivity index (χ3n) is 2.62. The van der Waals surface area contributed by atoms with Gasteiger partial charge >= 0.3 is 0 Å². The van der Waals surface area contributed by atoms with Crippen molar-refractivity contribution in [2.75, 3.05) is 0 Å². The highest BCUT2D eigenvalue weighted by Crippen LogP contribution is 2.22. The molecule has 1 aromatic carbocycles. The van der Waals surface area contributed by atoms with Crippen LogP contribution in [0.1, 0.15) is 24.6 Å². The molecule has 0 aliphatic rings.